The number of hydroxylamine groups is 2. The third-order valence-corrected chi connectivity index (χ3v) is 5.45. The minimum Gasteiger partial charge on any atom is -0.493 e. The van der Waals surface area contributed by atoms with Crippen molar-refractivity contribution >= 4 is 12.1 Å². The molecule has 0 aromatic heterocycles. The maximum atomic E-state index is 14.6. The quantitative estimate of drug-likeness (QED) is 0.494. The van der Waals surface area contributed by atoms with Crippen molar-refractivity contribution < 1.29 is 33.0 Å². The summed E-state index contributed by atoms with van der Waals surface area (Å²) in [7, 11) is 3.06. The van der Waals surface area contributed by atoms with Crippen molar-refractivity contribution in [1.29, 1.82) is 0 Å². The summed E-state index contributed by atoms with van der Waals surface area (Å²) in [6.45, 7) is 0.0526. The number of ether oxygens (including phenoxy) is 3. The Kier molecular flexibility index (Phi) is 5.94. The van der Waals surface area contributed by atoms with Crippen LogP contribution in [0.25, 0.3) is 0 Å². The second-order valence-corrected chi connectivity index (χ2v) is 7.32. The summed E-state index contributed by atoms with van der Waals surface area (Å²) in [5.41, 5.74) is 1.57. The van der Waals surface area contributed by atoms with E-state index in [1.165, 1.54) is 19.1 Å². The van der Waals surface area contributed by atoms with Crippen molar-refractivity contribution in [3.63, 3.8) is 0 Å². The Hall–Kier alpha value is -3.33. The molecule has 9 heteroatoms. The smallest absolute Gasteiger partial charge is 0.493 e. The van der Waals surface area contributed by atoms with E-state index >= 15 is 0 Å². The van der Waals surface area contributed by atoms with Gasteiger partial charge in [-0.25, -0.2) is 9.18 Å². The van der Waals surface area contributed by atoms with Crippen molar-refractivity contribution in [3.05, 3.63) is 59.7 Å². The standard InChI is InChI=1S/C22H23FN2O6/c1-28-17-9-8-15(10-18(17)29-2)11-24-19-16(23)12-25(20(19)21(24)26)31-22(27)30-13-14-6-4-3-5-7-14/h3-10,16,19-20H,11-13H2,1-2H3/t16-,19+,20-/m0/s1. The molecule has 0 aliphatic carbocycles. The number of carbonyl (C=O) groups is 2. The summed E-state index contributed by atoms with van der Waals surface area (Å²) >= 11 is 0. The van der Waals surface area contributed by atoms with E-state index in [0.29, 0.717) is 11.5 Å². The van der Waals surface area contributed by atoms with Crippen LogP contribution in [-0.4, -0.2) is 61.0 Å². The maximum Gasteiger partial charge on any atom is 0.528 e. The number of amides is 1. The first-order valence-corrected chi connectivity index (χ1v) is 9.82. The van der Waals surface area contributed by atoms with Gasteiger partial charge in [0.1, 0.15) is 18.8 Å². The molecule has 31 heavy (non-hydrogen) atoms. The number of hydrogen-bond acceptors (Lipinski definition) is 7. The second-order valence-electron chi connectivity index (χ2n) is 7.32. The Balaban J connectivity index is 1.36. The van der Waals surface area contributed by atoms with Crippen LogP contribution in [0.3, 0.4) is 0 Å². The summed E-state index contributed by atoms with van der Waals surface area (Å²) in [6, 6.07) is 12.8. The highest BCUT2D eigenvalue weighted by atomic mass is 19.1. The van der Waals surface area contributed by atoms with Gasteiger partial charge in [0, 0.05) is 6.54 Å². The van der Waals surface area contributed by atoms with Crippen LogP contribution in [0.15, 0.2) is 48.5 Å². The van der Waals surface area contributed by atoms with Crippen molar-refractivity contribution in [2.45, 2.75) is 31.4 Å². The second kappa shape index (κ2) is 8.81. The molecule has 0 bridgehead atoms. The lowest BCUT2D eigenvalue weighted by molar-refractivity contribution is -0.187. The average Bonchev–Trinajstić information content (AvgIpc) is 3.08. The molecule has 2 aromatic rings. The van der Waals surface area contributed by atoms with Gasteiger partial charge in [0.2, 0.25) is 5.91 Å². The number of benzene rings is 2. The maximum absolute atomic E-state index is 14.6. The van der Waals surface area contributed by atoms with Gasteiger partial charge in [0.05, 0.1) is 26.8 Å². The molecule has 4 rings (SSSR count). The van der Waals surface area contributed by atoms with Crippen molar-refractivity contribution in [3.8, 4) is 11.5 Å². The first-order valence-electron chi connectivity index (χ1n) is 9.82. The summed E-state index contributed by atoms with van der Waals surface area (Å²) in [5.74, 6) is 0.784. The summed E-state index contributed by atoms with van der Waals surface area (Å²) in [6.07, 6.45) is -2.31. The molecular weight excluding hydrogens is 407 g/mol. The molecule has 2 aliphatic rings. The molecule has 2 fully saturated rings. The summed E-state index contributed by atoms with van der Waals surface area (Å²) in [5, 5.41) is 1.08. The van der Waals surface area contributed by atoms with Gasteiger partial charge in [0.25, 0.3) is 0 Å². The molecule has 2 saturated heterocycles. The molecule has 0 radical (unpaired) electrons. The molecule has 0 N–H and O–H groups in total. The molecule has 2 aliphatic heterocycles. The monoisotopic (exact) mass is 430 g/mol. The molecule has 3 atom stereocenters. The SMILES string of the molecule is COc1ccc(CN2C(=O)[C@@H]3[C@H]2[C@@H](F)CN3OC(=O)OCc2ccccc2)cc1OC. The Morgan fingerprint density at radius 1 is 1.06 bits per heavy atom. The Labute approximate surface area is 179 Å². The third kappa shape index (κ3) is 4.13. The predicted octanol–water partition coefficient (Wildman–Crippen LogP) is 2.71. The molecule has 2 heterocycles. The Morgan fingerprint density at radius 3 is 2.52 bits per heavy atom. The van der Waals surface area contributed by atoms with E-state index < -0.39 is 24.4 Å². The van der Waals surface area contributed by atoms with Crippen LogP contribution in [0.4, 0.5) is 9.18 Å². The van der Waals surface area contributed by atoms with E-state index in [9.17, 15) is 14.0 Å². The van der Waals surface area contributed by atoms with Crippen LogP contribution in [0.1, 0.15) is 11.1 Å². The number of fused-ring (bicyclic) bond motifs is 1. The zero-order valence-electron chi connectivity index (χ0n) is 17.2. The van der Waals surface area contributed by atoms with Gasteiger partial charge in [0.15, 0.2) is 11.5 Å². The van der Waals surface area contributed by atoms with Crippen LogP contribution in [0.5, 0.6) is 11.5 Å². The van der Waals surface area contributed by atoms with Crippen molar-refractivity contribution in [2.24, 2.45) is 0 Å². The number of β-lactam (4-membered cyclic amide) rings is 1. The lowest BCUT2D eigenvalue weighted by atomic mass is 9.94. The zero-order chi connectivity index (χ0) is 22.0. The van der Waals surface area contributed by atoms with Crippen LogP contribution in [0.2, 0.25) is 0 Å². The normalized spacial score (nSPS) is 22.5. The first kappa shape index (κ1) is 20.9. The average molecular weight is 430 g/mol. The lowest BCUT2D eigenvalue weighted by Crippen LogP contribution is -2.67. The van der Waals surface area contributed by atoms with E-state index in [1.54, 1.807) is 30.3 Å². The lowest BCUT2D eigenvalue weighted by Gasteiger charge is -2.44. The fourth-order valence-electron chi connectivity index (χ4n) is 3.92. The number of carbonyl (C=O) groups excluding carboxylic acids is 2. The highest BCUT2D eigenvalue weighted by Gasteiger charge is 2.61. The fourth-order valence-corrected chi connectivity index (χ4v) is 3.92. The molecule has 8 nitrogen and oxygen atoms in total. The van der Waals surface area contributed by atoms with Gasteiger partial charge in [-0.3, -0.25) is 4.79 Å². The van der Waals surface area contributed by atoms with Gasteiger partial charge in [-0.15, -0.1) is 5.06 Å². The van der Waals surface area contributed by atoms with Gasteiger partial charge < -0.3 is 23.9 Å². The number of methoxy groups -OCH3 is 2. The largest absolute Gasteiger partial charge is 0.528 e. The topological polar surface area (TPSA) is 77.5 Å². The van der Waals surface area contributed by atoms with E-state index in [-0.39, 0.29) is 25.6 Å². The van der Waals surface area contributed by atoms with Crippen molar-refractivity contribution in [2.75, 3.05) is 20.8 Å². The number of halogens is 1. The molecule has 0 saturated carbocycles. The van der Waals surface area contributed by atoms with Gasteiger partial charge in [-0.05, 0) is 23.3 Å². The minimum absolute atomic E-state index is 0.0278. The molecular formula is C22H23FN2O6. The fraction of sp³-hybridized carbons (Fsp3) is 0.364. The van der Waals surface area contributed by atoms with Crippen LogP contribution in [0, 0.1) is 0 Å². The zero-order valence-corrected chi connectivity index (χ0v) is 17.2. The number of hydrogen-bond donors (Lipinski definition) is 0. The van der Waals surface area contributed by atoms with Gasteiger partial charge in [-0.1, -0.05) is 36.4 Å². The number of rotatable bonds is 7. The van der Waals surface area contributed by atoms with E-state index in [4.69, 9.17) is 19.0 Å². The number of nitrogens with zero attached hydrogens (tertiary/aromatic N) is 2. The molecule has 1 amide bonds. The van der Waals surface area contributed by atoms with Crippen LogP contribution >= 0.6 is 0 Å². The number of alkyl halides is 1. The molecule has 2 aromatic carbocycles. The minimum atomic E-state index is -1.34. The van der Waals surface area contributed by atoms with E-state index in [1.807, 2.05) is 18.2 Å². The highest BCUT2D eigenvalue weighted by Crippen LogP contribution is 2.38. The third-order valence-electron chi connectivity index (χ3n) is 5.45. The Morgan fingerprint density at radius 2 is 1.81 bits per heavy atom. The van der Waals surface area contributed by atoms with Crippen LogP contribution in [-0.2, 0) is 27.5 Å². The van der Waals surface area contributed by atoms with E-state index in [0.717, 1.165) is 16.2 Å². The van der Waals surface area contributed by atoms with Crippen LogP contribution < -0.4 is 9.47 Å². The highest BCUT2D eigenvalue weighted by molar-refractivity contribution is 5.90. The summed E-state index contributed by atoms with van der Waals surface area (Å²) in [4.78, 5) is 31.2. The van der Waals surface area contributed by atoms with E-state index in [2.05, 4.69) is 0 Å². The molecule has 0 unspecified atom stereocenters. The van der Waals surface area contributed by atoms with Crippen molar-refractivity contribution in [1.82, 2.24) is 9.96 Å². The van der Waals surface area contributed by atoms with Gasteiger partial charge in [-0.2, -0.15) is 0 Å². The summed E-state index contributed by atoms with van der Waals surface area (Å²) < 4.78 is 30.2. The van der Waals surface area contributed by atoms with Gasteiger partial charge >= 0.3 is 6.16 Å². The molecule has 164 valence electrons. The first-order chi connectivity index (χ1) is 15.0. The number of likely N-dealkylation sites (tertiary alicyclic amines) is 1. The molecule has 0 spiro atoms. The Bertz CT molecular complexity index is 956. The predicted molar refractivity (Wildman–Crippen MR) is 107 cm³/mol.